The average molecular weight is 386 g/mol. The summed E-state index contributed by atoms with van der Waals surface area (Å²) in [7, 11) is -1.01. The Balaban J connectivity index is 1.90. The van der Waals surface area contributed by atoms with E-state index >= 15 is 0 Å². The minimum Gasteiger partial charge on any atom is -0.479 e. The molecule has 0 radical (unpaired) electrons. The van der Waals surface area contributed by atoms with Gasteiger partial charge in [0.1, 0.15) is 5.75 Å². The molecule has 1 amide bonds. The number of ether oxygens (including phenoxy) is 1. The van der Waals surface area contributed by atoms with Gasteiger partial charge in [0.05, 0.1) is 5.02 Å². The lowest BCUT2D eigenvalue weighted by Gasteiger charge is -2.16. The van der Waals surface area contributed by atoms with E-state index in [1.807, 2.05) is 12.1 Å². The van der Waals surface area contributed by atoms with Crippen LogP contribution in [0.15, 0.2) is 47.4 Å². The first-order valence-electron chi connectivity index (χ1n) is 7.18. The number of amides is 1. The molecule has 0 aliphatic carbocycles. The molecule has 0 aliphatic rings. The van der Waals surface area contributed by atoms with Crippen molar-refractivity contribution in [2.75, 3.05) is 6.26 Å². The molecular formula is C17H17Cl2NO3S. The number of hydrogen-bond acceptors (Lipinski definition) is 3. The summed E-state index contributed by atoms with van der Waals surface area (Å²) in [6.07, 6.45) is 0.920. The van der Waals surface area contributed by atoms with Gasteiger partial charge in [-0.05, 0) is 42.8 Å². The Labute approximate surface area is 153 Å². The molecular weight excluding hydrogens is 369 g/mol. The van der Waals surface area contributed by atoms with Crippen LogP contribution in [0.3, 0.4) is 0 Å². The molecule has 0 saturated heterocycles. The van der Waals surface area contributed by atoms with E-state index in [0.29, 0.717) is 22.3 Å². The molecule has 24 heavy (non-hydrogen) atoms. The number of hydrogen-bond donors (Lipinski definition) is 1. The summed E-state index contributed by atoms with van der Waals surface area (Å²) in [6, 6.07) is 12.1. The van der Waals surface area contributed by atoms with Gasteiger partial charge in [0.25, 0.3) is 5.91 Å². The molecule has 0 heterocycles. The average Bonchev–Trinajstić information content (AvgIpc) is 2.55. The molecule has 2 rings (SSSR count). The van der Waals surface area contributed by atoms with E-state index < -0.39 is 16.9 Å². The van der Waals surface area contributed by atoms with E-state index in [1.165, 1.54) is 0 Å². The molecule has 1 N–H and O–H groups in total. The zero-order chi connectivity index (χ0) is 17.7. The smallest absolute Gasteiger partial charge is 0.261 e. The fraction of sp³-hybridized carbons (Fsp3) is 0.235. The highest BCUT2D eigenvalue weighted by atomic mass is 35.5. The number of carbonyl (C=O) groups excluding carboxylic acids is 1. The molecule has 2 atom stereocenters. The van der Waals surface area contributed by atoms with Crippen molar-refractivity contribution in [3.05, 3.63) is 58.1 Å². The summed E-state index contributed by atoms with van der Waals surface area (Å²) in [5.41, 5.74) is 0.911. The first kappa shape index (κ1) is 18.8. The summed E-state index contributed by atoms with van der Waals surface area (Å²) in [4.78, 5) is 12.9. The van der Waals surface area contributed by atoms with E-state index in [1.54, 1.807) is 43.5 Å². The highest BCUT2D eigenvalue weighted by molar-refractivity contribution is 7.84. The molecule has 0 fully saturated rings. The lowest BCUT2D eigenvalue weighted by Crippen LogP contribution is -2.35. The molecule has 2 aromatic carbocycles. The van der Waals surface area contributed by atoms with Crippen molar-refractivity contribution in [2.24, 2.45) is 0 Å². The molecule has 4 nitrogen and oxygen atoms in total. The van der Waals surface area contributed by atoms with E-state index in [9.17, 15) is 9.00 Å². The Bertz CT molecular complexity index is 750. The third kappa shape index (κ3) is 5.23. The molecule has 0 spiro atoms. The lowest BCUT2D eigenvalue weighted by molar-refractivity contribution is -0.127. The second-order valence-electron chi connectivity index (χ2n) is 5.15. The SMILES string of the molecule is C[C@H](Oc1ccc(Cl)cc1Cl)C(=O)NCc1ccc([S@](C)=O)cc1. The lowest BCUT2D eigenvalue weighted by atomic mass is 10.2. The summed E-state index contributed by atoms with van der Waals surface area (Å²) in [5.74, 6) is 0.141. The van der Waals surface area contributed by atoms with Gasteiger partial charge in [0, 0.05) is 33.5 Å². The summed E-state index contributed by atoms with van der Waals surface area (Å²) >= 11 is 11.9. The topological polar surface area (TPSA) is 55.4 Å². The number of halogens is 2. The highest BCUT2D eigenvalue weighted by Gasteiger charge is 2.16. The van der Waals surface area contributed by atoms with Crippen molar-refractivity contribution >= 4 is 39.9 Å². The predicted octanol–water partition coefficient (Wildman–Crippen LogP) is 3.81. The number of rotatable bonds is 6. The fourth-order valence-corrected chi connectivity index (χ4v) is 2.92. The largest absolute Gasteiger partial charge is 0.479 e. The number of nitrogens with one attached hydrogen (secondary N) is 1. The highest BCUT2D eigenvalue weighted by Crippen LogP contribution is 2.28. The summed E-state index contributed by atoms with van der Waals surface area (Å²) < 4.78 is 16.9. The summed E-state index contributed by atoms with van der Waals surface area (Å²) in [5, 5.41) is 3.64. The van der Waals surface area contributed by atoms with Crippen LogP contribution >= 0.6 is 23.2 Å². The van der Waals surface area contributed by atoms with Crippen molar-refractivity contribution in [3.8, 4) is 5.75 Å². The molecule has 0 saturated carbocycles. The molecule has 0 unspecified atom stereocenters. The quantitative estimate of drug-likeness (QED) is 0.822. The van der Waals surface area contributed by atoms with Gasteiger partial charge in [0.15, 0.2) is 6.10 Å². The van der Waals surface area contributed by atoms with Crippen LogP contribution in [0, 0.1) is 0 Å². The van der Waals surface area contributed by atoms with Crippen molar-refractivity contribution in [3.63, 3.8) is 0 Å². The Morgan fingerprint density at radius 2 is 1.88 bits per heavy atom. The van der Waals surface area contributed by atoms with Crippen LogP contribution in [0.25, 0.3) is 0 Å². The maximum Gasteiger partial charge on any atom is 0.261 e. The zero-order valence-electron chi connectivity index (χ0n) is 13.2. The van der Waals surface area contributed by atoms with E-state index in [4.69, 9.17) is 27.9 Å². The monoisotopic (exact) mass is 385 g/mol. The fourth-order valence-electron chi connectivity index (χ4n) is 1.95. The van der Waals surface area contributed by atoms with Crippen molar-refractivity contribution in [1.82, 2.24) is 5.32 Å². The third-order valence-electron chi connectivity index (χ3n) is 3.29. The predicted molar refractivity (Wildman–Crippen MR) is 97.2 cm³/mol. The zero-order valence-corrected chi connectivity index (χ0v) is 15.5. The van der Waals surface area contributed by atoms with Crippen molar-refractivity contribution in [1.29, 1.82) is 0 Å². The maximum absolute atomic E-state index is 12.1. The van der Waals surface area contributed by atoms with Crippen LogP contribution in [-0.4, -0.2) is 22.5 Å². The normalized spacial score (nSPS) is 13.2. The molecule has 0 aromatic heterocycles. The van der Waals surface area contributed by atoms with Crippen molar-refractivity contribution < 1.29 is 13.7 Å². The van der Waals surface area contributed by atoms with Crippen LogP contribution in [0.4, 0.5) is 0 Å². The van der Waals surface area contributed by atoms with Crippen molar-refractivity contribution in [2.45, 2.75) is 24.5 Å². The minimum atomic E-state index is -1.01. The van der Waals surface area contributed by atoms with Crippen LogP contribution in [0.1, 0.15) is 12.5 Å². The van der Waals surface area contributed by atoms with E-state index in [2.05, 4.69) is 5.32 Å². The molecule has 7 heteroatoms. The van der Waals surface area contributed by atoms with Gasteiger partial charge in [-0.3, -0.25) is 9.00 Å². The van der Waals surface area contributed by atoms with Gasteiger partial charge in [0.2, 0.25) is 0 Å². The Morgan fingerprint density at radius 1 is 1.21 bits per heavy atom. The first-order valence-corrected chi connectivity index (χ1v) is 9.50. The number of benzene rings is 2. The number of carbonyl (C=O) groups is 1. The van der Waals surface area contributed by atoms with Gasteiger partial charge in [-0.15, -0.1) is 0 Å². The van der Waals surface area contributed by atoms with Crippen LogP contribution < -0.4 is 10.1 Å². The van der Waals surface area contributed by atoms with Gasteiger partial charge < -0.3 is 10.1 Å². The molecule has 2 aromatic rings. The summed E-state index contributed by atoms with van der Waals surface area (Å²) in [6.45, 7) is 2.00. The Hall–Kier alpha value is -1.56. The maximum atomic E-state index is 12.1. The Morgan fingerprint density at radius 3 is 2.46 bits per heavy atom. The Kier molecular flexibility index (Phi) is 6.66. The second kappa shape index (κ2) is 8.51. The van der Waals surface area contributed by atoms with Gasteiger partial charge in [-0.1, -0.05) is 35.3 Å². The molecule has 0 aliphatic heterocycles. The second-order valence-corrected chi connectivity index (χ2v) is 7.37. The standard InChI is InChI=1S/C17H17Cl2NO3S/c1-11(23-16-8-5-13(18)9-15(16)19)17(21)20-10-12-3-6-14(7-4-12)24(2)22/h3-9,11H,10H2,1-2H3,(H,20,21)/t11-,24-/m0/s1. The molecule has 128 valence electrons. The van der Waals surface area contributed by atoms with E-state index in [-0.39, 0.29) is 5.91 Å². The minimum absolute atomic E-state index is 0.260. The van der Waals surface area contributed by atoms with Crippen LogP contribution in [-0.2, 0) is 22.1 Å². The van der Waals surface area contributed by atoms with Gasteiger partial charge >= 0.3 is 0 Å². The van der Waals surface area contributed by atoms with E-state index in [0.717, 1.165) is 10.5 Å². The first-order chi connectivity index (χ1) is 11.4. The van der Waals surface area contributed by atoms with Crippen LogP contribution in [0.2, 0.25) is 10.0 Å². The van der Waals surface area contributed by atoms with Gasteiger partial charge in [-0.2, -0.15) is 0 Å². The van der Waals surface area contributed by atoms with Crippen LogP contribution in [0.5, 0.6) is 5.75 Å². The third-order valence-corrected chi connectivity index (χ3v) is 4.76. The molecule has 0 bridgehead atoms. The van der Waals surface area contributed by atoms with Gasteiger partial charge in [-0.25, -0.2) is 0 Å².